The Labute approximate surface area is 109 Å². The van der Waals surface area contributed by atoms with E-state index in [9.17, 15) is 0 Å². The zero-order valence-electron chi connectivity index (χ0n) is 10.9. The number of hydrogen-bond donors (Lipinski definition) is 2. The van der Waals surface area contributed by atoms with Crippen molar-refractivity contribution in [2.24, 2.45) is 0 Å². The Kier molecular flexibility index (Phi) is 3.74. The maximum atomic E-state index is 4.48. The van der Waals surface area contributed by atoms with E-state index in [4.69, 9.17) is 0 Å². The molecule has 1 aromatic rings. The predicted octanol–water partition coefficient (Wildman–Crippen LogP) is 1.91. The monoisotopic (exact) mass is 246 g/mol. The summed E-state index contributed by atoms with van der Waals surface area (Å²) in [6.45, 7) is 2.21. The summed E-state index contributed by atoms with van der Waals surface area (Å²) < 4.78 is 0. The molecule has 0 spiro atoms. The Morgan fingerprint density at radius 3 is 2.94 bits per heavy atom. The van der Waals surface area contributed by atoms with Crippen molar-refractivity contribution >= 4 is 5.82 Å². The van der Waals surface area contributed by atoms with Gasteiger partial charge in [0.2, 0.25) is 0 Å². The number of aromatic nitrogens is 2. The molecule has 0 bridgehead atoms. The lowest BCUT2D eigenvalue weighted by atomic mass is 10.1. The van der Waals surface area contributed by atoms with Crippen LogP contribution in [0.3, 0.4) is 0 Å². The highest BCUT2D eigenvalue weighted by Crippen LogP contribution is 2.24. The maximum Gasteiger partial charge on any atom is 0.133 e. The van der Waals surface area contributed by atoms with Crippen LogP contribution in [0.1, 0.15) is 43.4 Å². The molecular weight excluding hydrogens is 224 g/mol. The topological polar surface area (TPSA) is 49.8 Å². The molecule has 3 rings (SSSR count). The third-order valence-corrected chi connectivity index (χ3v) is 4.01. The van der Waals surface area contributed by atoms with Crippen molar-refractivity contribution in [1.29, 1.82) is 0 Å². The van der Waals surface area contributed by atoms with Crippen LogP contribution in [0, 0.1) is 0 Å². The van der Waals surface area contributed by atoms with Gasteiger partial charge in [-0.2, -0.15) is 0 Å². The molecule has 0 radical (unpaired) electrons. The molecule has 0 amide bonds. The van der Waals surface area contributed by atoms with Crippen LogP contribution in [0.5, 0.6) is 0 Å². The summed E-state index contributed by atoms with van der Waals surface area (Å²) in [5.74, 6) is 1.09. The summed E-state index contributed by atoms with van der Waals surface area (Å²) in [4.78, 5) is 8.94. The van der Waals surface area contributed by atoms with Gasteiger partial charge in [0.1, 0.15) is 12.1 Å². The van der Waals surface area contributed by atoms with Crippen molar-refractivity contribution in [1.82, 2.24) is 15.3 Å². The standard InChI is InChI=1S/C14H22N4/c1-2-6-12-13(7-3-1)16-10-17-14(12)18-11-5-4-8-15-9-11/h10-11,15H,1-9H2,(H,16,17,18). The zero-order chi connectivity index (χ0) is 12.2. The first-order chi connectivity index (χ1) is 8.93. The molecule has 2 heterocycles. The first-order valence-electron chi connectivity index (χ1n) is 7.23. The molecule has 98 valence electrons. The Hall–Kier alpha value is -1.16. The van der Waals surface area contributed by atoms with Crippen LogP contribution in [0.15, 0.2) is 6.33 Å². The van der Waals surface area contributed by atoms with Crippen molar-refractivity contribution in [2.45, 2.75) is 51.0 Å². The SMILES string of the molecule is c1nc2c(c(NC3CCCNC3)n1)CCCCC2. The summed E-state index contributed by atoms with van der Waals surface area (Å²) in [5, 5.41) is 7.06. The van der Waals surface area contributed by atoms with E-state index < -0.39 is 0 Å². The number of aryl methyl sites for hydroxylation is 1. The van der Waals surface area contributed by atoms with E-state index in [1.54, 1.807) is 6.33 Å². The highest BCUT2D eigenvalue weighted by Gasteiger charge is 2.18. The van der Waals surface area contributed by atoms with E-state index in [0.29, 0.717) is 6.04 Å². The average molecular weight is 246 g/mol. The lowest BCUT2D eigenvalue weighted by Gasteiger charge is -2.25. The van der Waals surface area contributed by atoms with E-state index in [1.165, 1.54) is 43.4 Å². The van der Waals surface area contributed by atoms with Crippen molar-refractivity contribution in [3.05, 3.63) is 17.6 Å². The van der Waals surface area contributed by atoms with Crippen molar-refractivity contribution < 1.29 is 0 Å². The number of anilines is 1. The molecular formula is C14H22N4. The van der Waals surface area contributed by atoms with Gasteiger partial charge < -0.3 is 10.6 Å². The van der Waals surface area contributed by atoms with Gasteiger partial charge in [-0.3, -0.25) is 0 Å². The molecule has 0 saturated carbocycles. The predicted molar refractivity (Wildman–Crippen MR) is 72.8 cm³/mol. The molecule has 2 N–H and O–H groups in total. The number of fused-ring (bicyclic) bond motifs is 1. The Morgan fingerprint density at radius 1 is 1.11 bits per heavy atom. The summed E-state index contributed by atoms with van der Waals surface area (Å²) >= 11 is 0. The third-order valence-electron chi connectivity index (χ3n) is 4.01. The molecule has 1 saturated heterocycles. The van der Waals surface area contributed by atoms with Gasteiger partial charge in [-0.15, -0.1) is 0 Å². The van der Waals surface area contributed by atoms with E-state index >= 15 is 0 Å². The minimum absolute atomic E-state index is 0.529. The Morgan fingerprint density at radius 2 is 2.06 bits per heavy atom. The smallest absolute Gasteiger partial charge is 0.133 e. The highest BCUT2D eigenvalue weighted by molar-refractivity contribution is 5.47. The van der Waals surface area contributed by atoms with E-state index in [2.05, 4.69) is 20.6 Å². The van der Waals surface area contributed by atoms with Gasteiger partial charge in [0.25, 0.3) is 0 Å². The summed E-state index contributed by atoms with van der Waals surface area (Å²) in [7, 11) is 0. The number of rotatable bonds is 2. The fourth-order valence-corrected chi connectivity index (χ4v) is 2.99. The normalized spacial score (nSPS) is 24.1. The van der Waals surface area contributed by atoms with Crippen molar-refractivity contribution in [3.8, 4) is 0 Å². The second kappa shape index (κ2) is 5.65. The Bertz CT molecular complexity index is 399. The van der Waals surface area contributed by atoms with Crippen LogP contribution in [0.4, 0.5) is 5.82 Å². The van der Waals surface area contributed by atoms with Crippen LogP contribution in [0.2, 0.25) is 0 Å². The summed E-state index contributed by atoms with van der Waals surface area (Å²) in [5.41, 5.74) is 2.65. The molecule has 4 nitrogen and oxygen atoms in total. The van der Waals surface area contributed by atoms with Crippen molar-refractivity contribution in [2.75, 3.05) is 18.4 Å². The van der Waals surface area contributed by atoms with Crippen LogP contribution in [-0.2, 0) is 12.8 Å². The van der Waals surface area contributed by atoms with Gasteiger partial charge in [-0.05, 0) is 45.1 Å². The molecule has 18 heavy (non-hydrogen) atoms. The van der Waals surface area contributed by atoms with Gasteiger partial charge in [-0.25, -0.2) is 9.97 Å². The van der Waals surface area contributed by atoms with Gasteiger partial charge in [0, 0.05) is 23.8 Å². The van der Waals surface area contributed by atoms with E-state index in [1.807, 2.05) is 0 Å². The van der Waals surface area contributed by atoms with Gasteiger partial charge in [0.05, 0.1) is 0 Å². The minimum atomic E-state index is 0.529. The lowest BCUT2D eigenvalue weighted by Crippen LogP contribution is -2.38. The first-order valence-corrected chi connectivity index (χ1v) is 7.23. The average Bonchev–Trinajstić information content (AvgIpc) is 2.66. The van der Waals surface area contributed by atoms with Gasteiger partial charge >= 0.3 is 0 Å². The number of piperidine rings is 1. The largest absolute Gasteiger partial charge is 0.366 e. The highest BCUT2D eigenvalue weighted by atomic mass is 15.1. The van der Waals surface area contributed by atoms with E-state index in [0.717, 1.165) is 31.7 Å². The van der Waals surface area contributed by atoms with Crippen LogP contribution in [0.25, 0.3) is 0 Å². The quantitative estimate of drug-likeness (QED) is 0.783. The fraction of sp³-hybridized carbons (Fsp3) is 0.714. The van der Waals surface area contributed by atoms with Crippen LogP contribution >= 0.6 is 0 Å². The molecule has 2 aliphatic rings. The zero-order valence-corrected chi connectivity index (χ0v) is 10.9. The van der Waals surface area contributed by atoms with Gasteiger partial charge in [0.15, 0.2) is 0 Å². The van der Waals surface area contributed by atoms with Crippen LogP contribution < -0.4 is 10.6 Å². The molecule has 1 unspecified atom stereocenters. The second-order valence-electron chi connectivity index (χ2n) is 5.40. The second-order valence-corrected chi connectivity index (χ2v) is 5.40. The maximum absolute atomic E-state index is 4.48. The Balaban J connectivity index is 1.78. The molecule has 1 fully saturated rings. The number of nitrogens with zero attached hydrogens (tertiary/aromatic N) is 2. The molecule has 0 aromatic carbocycles. The van der Waals surface area contributed by atoms with Crippen LogP contribution in [-0.4, -0.2) is 29.1 Å². The molecule has 4 heteroatoms. The summed E-state index contributed by atoms with van der Waals surface area (Å²) in [6.07, 6.45) is 10.3. The minimum Gasteiger partial charge on any atom is -0.366 e. The molecule has 1 aromatic heterocycles. The molecule has 1 aliphatic carbocycles. The number of hydrogen-bond acceptors (Lipinski definition) is 4. The lowest BCUT2D eigenvalue weighted by molar-refractivity contribution is 0.478. The summed E-state index contributed by atoms with van der Waals surface area (Å²) in [6, 6.07) is 0.529. The first kappa shape index (κ1) is 11.9. The number of nitrogens with one attached hydrogen (secondary N) is 2. The van der Waals surface area contributed by atoms with E-state index in [-0.39, 0.29) is 0 Å². The van der Waals surface area contributed by atoms with Gasteiger partial charge in [-0.1, -0.05) is 6.42 Å². The van der Waals surface area contributed by atoms with Crippen molar-refractivity contribution in [3.63, 3.8) is 0 Å². The molecule has 1 atom stereocenters. The third kappa shape index (κ3) is 2.64. The molecule has 1 aliphatic heterocycles. The fourth-order valence-electron chi connectivity index (χ4n) is 2.99.